The Morgan fingerprint density at radius 2 is 1.85 bits per heavy atom. The monoisotopic (exact) mass is 372 g/mol. The van der Waals surface area contributed by atoms with Crippen LogP contribution in [0.15, 0.2) is 59.6 Å². The molecule has 136 valence electrons. The van der Waals surface area contributed by atoms with Gasteiger partial charge in [-0.25, -0.2) is 12.4 Å². The minimum absolute atomic E-state index is 0.108. The summed E-state index contributed by atoms with van der Waals surface area (Å²) in [7, 11) is -1.93. The third-order valence-corrected chi connectivity index (χ3v) is 5.79. The standard InChI is InChI=1S/C19H20N2O4S/c1-14(22)15-6-8-16(9-7-15)26(23,24)21-12-10-17-18(21)4-3-5-19(17)25-13-11-20-2/h3-10,12,20H,11,13H2,1-2H3. The lowest BCUT2D eigenvalue weighted by molar-refractivity contribution is 0.101. The van der Waals surface area contributed by atoms with Crippen molar-refractivity contribution in [1.29, 1.82) is 0 Å². The molecule has 0 aliphatic rings. The molecule has 6 nitrogen and oxygen atoms in total. The van der Waals surface area contributed by atoms with Crippen LogP contribution in [0.1, 0.15) is 17.3 Å². The summed E-state index contributed by atoms with van der Waals surface area (Å²) in [5.74, 6) is 0.530. The smallest absolute Gasteiger partial charge is 0.268 e. The maximum atomic E-state index is 13.0. The summed E-state index contributed by atoms with van der Waals surface area (Å²) in [5.41, 5.74) is 1.02. The van der Waals surface area contributed by atoms with E-state index in [1.165, 1.54) is 41.4 Å². The number of carbonyl (C=O) groups excluding carboxylic acids is 1. The first-order chi connectivity index (χ1) is 12.4. The van der Waals surface area contributed by atoms with Crippen molar-refractivity contribution in [3.8, 4) is 5.75 Å². The molecule has 0 aliphatic carbocycles. The molecule has 0 bridgehead atoms. The van der Waals surface area contributed by atoms with Crippen LogP contribution in [0.4, 0.5) is 0 Å². The topological polar surface area (TPSA) is 77.4 Å². The molecule has 0 spiro atoms. The second-order valence-corrected chi connectivity index (χ2v) is 7.65. The number of carbonyl (C=O) groups is 1. The summed E-state index contributed by atoms with van der Waals surface area (Å²) >= 11 is 0. The predicted molar refractivity (Wildman–Crippen MR) is 100 cm³/mol. The van der Waals surface area contributed by atoms with E-state index in [1.54, 1.807) is 18.2 Å². The van der Waals surface area contributed by atoms with Crippen molar-refractivity contribution < 1.29 is 17.9 Å². The highest BCUT2D eigenvalue weighted by Gasteiger charge is 2.20. The van der Waals surface area contributed by atoms with Gasteiger partial charge in [0.2, 0.25) is 0 Å². The van der Waals surface area contributed by atoms with Crippen LogP contribution in [-0.2, 0) is 10.0 Å². The van der Waals surface area contributed by atoms with Gasteiger partial charge in [-0.1, -0.05) is 18.2 Å². The second kappa shape index (κ2) is 7.31. The number of benzene rings is 2. The van der Waals surface area contributed by atoms with Gasteiger partial charge in [-0.2, -0.15) is 0 Å². The number of likely N-dealkylation sites (N-methyl/N-ethyl adjacent to an activating group) is 1. The summed E-state index contributed by atoms with van der Waals surface area (Å²) < 4.78 is 32.9. The molecule has 2 aromatic carbocycles. The molecular weight excluding hydrogens is 352 g/mol. The maximum Gasteiger partial charge on any atom is 0.268 e. The summed E-state index contributed by atoms with van der Waals surface area (Å²) in [6.07, 6.45) is 1.52. The van der Waals surface area contributed by atoms with E-state index >= 15 is 0 Å². The fourth-order valence-corrected chi connectivity index (χ4v) is 4.03. The van der Waals surface area contributed by atoms with Crippen LogP contribution >= 0.6 is 0 Å². The lowest BCUT2D eigenvalue weighted by atomic mass is 10.2. The van der Waals surface area contributed by atoms with Crippen molar-refractivity contribution in [3.63, 3.8) is 0 Å². The van der Waals surface area contributed by atoms with Gasteiger partial charge in [-0.05, 0) is 44.3 Å². The Balaban J connectivity index is 2.01. The van der Waals surface area contributed by atoms with Crippen LogP contribution in [-0.4, -0.2) is 38.4 Å². The van der Waals surface area contributed by atoms with Gasteiger partial charge in [-0.15, -0.1) is 0 Å². The minimum atomic E-state index is -3.77. The number of ether oxygens (including phenoxy) is 1. The normalized spacial score (nSPS) is 11.6. The van der Waals surface area contributed by atoms with Crippen LogP contribution in [0.25, 0.3) is 10.9 Å². The Labute approximate surface area is 152 Å². The molecule has 26 heavy (non-hydrogen) atoms. The fraction of sp³-hybridized carbons (Fsp3) is 0.211. The number of aromatic nitrogens is 1. The molecule has 0 saturated carbocycles. The number of hydrogen-bond acceptors (Lipinski definition) is 5. The molecule has 0 fully saturated rings. The average molecular weight is 372 g/mol. The Bertz CT molecular complexity index is 1040. The van der Waals surface area contributed by atoms with Gasteiger partial charge in [0.25, 0.3) is 10.0 Å². The van der Waals surface area contributed by atoms with Crippen LogP contribution in [0.5, 0.6) is 5.75 Å². The number of hydrogen-bond donors (Lipinski definition) is 1. The first kappa shape index (κ1) is 18.2. The van der Waals surface area contributed by atoms with Crippen molar-refractivity contribution in [2.75, 3.05) is 20.2 Å². The van der Waals surface area contributed by atoms with E-state index in [2.05, 4.69) is 5.32 Å². The molecule has 0 amide bonds. The van der Waals surface area contributed by atoms with E-state index in [-0.39, 0.29) is 10.7 Å². The predicted octanol–water partition coefficient (Wildman–Crippen LogP) is 2.68. The lowest BCUT2D eigenvalue weighted by Gasteiger charge is -2.10. The third kappa shape index (κ3) is 3.36. The molecule has 1 heterocycles. The van der Waals surface area contributed by atoms with Crippen LogP contribution in [0.3, 0.4) is 0 Å². The molecule has 7 heteroatoms. The Hall–Kier alpha value is -2.64. The fourth-order valence-electron chi connectivity index (χ4n) is 2.69. The first-order valence-corrected chi connectivity index (χ1v) is 9.63. The van der Waals surface area contributed by atoms with Crippen molar-refractivity contribution in [2.24, 2.45) is 0 Å². The number of nitrogens with one attached hydrogen (secondary N) is 1. The quantitative estimate of drug-likeness (QED) is 0.510. The molecule has 0 aliphatic heterocycles. The van der Waals surface area contributed by atoms with Gasteiger partial charge in [0.15, 0.2) is 5.78 Å². The van der Waals surface area contributed by atoms with Gasteiger partial charge in [-0.3, -0.25) is 4.79 Å². The summed E-state index contributed by atoms with van der Waals surface area (Å²) in [6.45, 7) is 2.62. The van der Waals surface area contributed by atoms with Crippen LogP contribution < -0.4 is 10.1 Å². The molecule has 3 aromatic rings. The van der Waals surface area contributed by atoms with Crippen molar-refractivity contribution in [1.82, 2.24) is 9.29 Å². The maximum absolute atomic E-state index is 13.0. The van der Waals surface area contributed by atoms with E-state index < -0.39 is 10.0 Å². The van der Waals surface area contributed by atoms with Gasteiger partial charge in [0.05, 0.1) is 10.4 Å². The van der Waals surface area contributed by atoms with Crippen molar-refractivity contribution >= 4 is 26.7 Å². The molecule has 0 saturated heterocycles. The molecule has 0 unspecified atom stereocenters. The summed E-state index contributed by atoms with van der Waals surface area (Å²) in [6, 6.07) is 13.0. The lowest BCUT2D eigenvalue weighted by Crippen LogP contribution is -2.16. The van der Waals surface area contributed by atoms with Crippen molar-refractivity contribution in [3.05, 3.63) is 60.3 Å². The second-order valence-electron chi connectivity index (χ2n) is 5.84. The zero-order valence-corrected chi connectivity index (χ0v) is 15.4. The third-order valence-electron chi connectivity index (χ3n) is 4.08. The van der Waals surface area contributed by atoms with Gasteiger partial charge in [0.1, 0.15) is 12.4 Å². The van der Waals surface area contributed by atoms with E-state index in [1.807, 2.05) is 13.1 Å². The van der Waals surface area contributed by atoms with E-state index in [0.717, 1.165) is 5.39 Å². The van der Waals surface area contributed by atoms with Gasteiger partial charge in [0, 0.05) is 23.7 Å². The molecule has 1 N–H and O–H groups in total. The zero-order chi connectivity index (χ0) is 18.7. The highest BCUT2D eigenvalue weighted by molar-refractivity contribution is 7.90. The summed E-state index contributed by atoms with van der Waals surface area (Å²) in [5, 5.41) is 3.73. The highest BCUT2D eigenvalue weighted by atomic mass is 32.2. The highest BCUT2D eigenvalue weighted by Crippen LogP contribution is 2.29. The largest absolute Gasteiger partial charge is 0.492 e. The first-order valence-electron chi connectivity index (χ1n) is 8.19. The number of Topliss-reactive ketones (excluding diaryl/α,β-unsaturated/α-hetero) is 1. The molecule has 0 radical (unpaired) electrons. The van der Waals surface area contributed by atoms with E-state index in [9.17, 15) is 13.2 Å². The van der Waals surface area contributed by atoms with Crippen LogP contribution in [0, 0.1) is 0 Å². The Morgan fingerprint density at radius 1 is 1.12 bits per heavy atom. The minimum Gasteiger partial charge on any atom is -0.492 e. The Morgan fingerprint density at radius 3 is 2.50 bits per heavy atom. The Kier molecular flexibility index (Phi) is 5.11. The summed E-state index contributed by atoms with van der Waals surface area (Å²) in [4.78, 5) is 11.5. The number of fused-ring (bicyclic) bond motifs is 1. The SMILES string of the molecule is CNCCOc1cccc2c1ccn2S(=O)(=O)c1ccc(C(C)=O)cc1. The zero-order valence-electron chi connectivity index (χ0n) is 14.6. The van der Waals surface area contributed by atoms with E-state index in [0.29, 0.717) is 30.0 Å². The van der Waals surface area contributed by atoms with Gasteiger partial charge >= 0.3 is 0 Å². The van der Waals surface area contributed by atoms with Crippen LogP contribution in [0.2, 0.25) is 0 Å². The molecule has 3 rings (SSSR count). The van der Waals surface area contributed by atoms with Gasteiger partial charge < -0.3 is 10.1 Å². The molecule has 1 aromatic heterocycles. The van der Waals surface area contributed by atoms with E-state index in [4.69, 9.17) is 4.74 Å². The average Bonchev–Trinajstić information content (AvgIpc) is 3.08. The number of rotatable bonds is 7. The molecule has 0 atom stereocenters. The molecular formula is C19H20N2O4S. The number of nitrogens with zero attached hydrogens (tertiary/aromatic N) is 1. The van der Waals surface area contributed by atoms with Crippen molar-refractivity contribution in [2.45, 2.75) is 11.8 Å². The number of ketones is 1.